The molecule has 2 aromatic carbocycles. The van der Waals surface area contributed by atoms with Crippen LogP contribution in [0, 0.1) is 5.82 Å². The lowest BCUT2D eigenvalue weighted by atomic mass is 10.1. The third-order valence-corrected chi connectivity index (χ3v) is 4.02. The maximum absolute atomic E-state index is 13.7. The molecular formula is C20H17FN2O4. The number of ether oxygens (including phenoxy) is 1. The van der Waals surface area contributed by atoms with E-state index in [9.17, 15) is 18.8 Å². The number of carbonyl (C=O) groups excluding carboxylic acids is 3. The van der Waals surface area contributed by atoms with Crippen LogP contribution in [-0.2, 0) is 4.74 Å². The summed E-state index contributed by atoms with van der Waals surface area (Å²) >= 11 is 0. The summed E-state index contributed by atoms with van der Waals surface area (Å²) in [5, 5.41) is 2.95. The van der Waals surface area contributed by atoms with Crippen LogP contribution >= 0.6 is 0 Å². The second-order valence-electron chi connectivity index (χ2n) is 5.81. The molecule has 1 heterocycles. The molecule has 0 spiro atoms. The van der Waals surface area contributed by atoms with Crippen LogP contribution in [0.3, 0.4) is 0 Å². The molecule has 6 nitrogen and oxygen atoms in total. The molecule has 0 unspecified atom stereocenters. The van der Waals surface area contributed by atoms with Crippen LogP contribution < -0.4 is 5.32 Å². The van der Waals surface area contributed by atoms with Gasteiger partial charge in [-0.1, -0.05) is 12.1 Å². The van der Waals surface area contributed by atoms with Crippen LogP contribution in [-0.4, -0.2) is 29.0 Å². The summed E-state index contributed by atoms with van der Waals surface area (Å²) in [4.78, 5) is 36.7. The van der Waals surface area contributed by atoms with Crippen molar-refractivity contribution >= 4 is 34.4 Å². The van der Waals surface area contributed by atoms with Gasteiger partial charge in [0.2, 0.25) is 5.91 Å². The second-order valence-corrected chi connectivity index (χ2v) is 5.81. The Balaban J connectivity index is 2.02. The van der Waals surface area contributed by atoms with Gasteiger partial charge < -0.3 is 10.1 Å². The highest BCUT2D eigenvalue weighted by atomic mass is 19.1. The molecule has 0 aliphatic rings. The molecule has 138 valence electrons. The molecule has 1 N–H and O–H groups in total. The van der Waals surface area contributed by atoms with Crippen LogP contribution in [0.5, 0.6) is 0 Å². The van der Waals surface area contributed by atoms with Gasteiger partial charge in [0, 0.05) is 18.5 Å². The Morgan fingerprint density at radius 2 is 1.85 bits per heavy atom. The lowest BCUT2D eigenvalue weighted by Gasteiger charge is -2.10. The topological polar surface area (TPSA) is 77.4 Å². The Morgan fingerprint density at radius 3 is 2.56 bits per heavy atom. The molecule has 3 aromatic rings. The maximum Gasteiger partial charge on any atom is 0.340 e. The molecule has 27 heavy (non-hydrogen) atoms. The largest absolute Gasteiger partial charge is 0.462 e. The number of carbonyl (C=O) groups is 3. The zero-order valence-corrected chi connectivity index (χ0v) is 14.8. The van der Waals surface area contributed by atoms with Crippen molar-refractivity contribution in [1.29, 1.82) is 0 Å². The quantitative estimate of drug-likeness (QED) is 0.709. The number of rotatable bonds is 4. The number of hydrogen-bond donors (Lipinski definition) is 1. The first-order valence-electron chi connectivity index (χ1n) is 8.31. The summed E-state index contributed by atoms with van der Waals surface area (Å²) in [6.07, 6.45) is 1.36. The predicted octanol–water partition coefficient (Wildman–Crippen LogP) is 3.87. The molecule has 0 atom stereocenters. The van der Waals surface area contributed by atoms with Gasteiger partial charge in [0.25, 0.3) is 5.91 Å². The molecule has 0 aliphatic carbocycles. The van der Waals surface area contributed by atoms with Crippen LogP contribution in [0.2, 0.25) is 0 Å². The average Bonchev–Trinajstić information content (AvgIpc) is 3.01. The van der Waals surface area contributed by atoms with Gasteiger partial charge in [-0.2, -0.15) is 0 Å². The van der Waals surface area contributed by atoms with Crippen molar-refractivity contribution in [2.45, 2.75) is 13.8 Å². The van der Waals surface area contributed by atoms with Crippen LogP contribution in [0.25, 0.3) is 10.9 Å². The van der Waals surface area contributed by atoms with Crippen molar-refractivity contribution in [3.8, 4) is 0 Å². The molecule has 3 rings (SSSR count). The molecule has 1 aromatic heterocycles. The first-order valence-corrected chi connectivity index (χ1v) is 8.31. The first-order chi connectivity index (χ1) is 12.9. The van der Waals surface area contributed by atoms with E-state index in [1.807, 2.05) is 0 Å². The van der Waals surface area contributed by atoms with E-state index in [4.69, 9.17) is 4.74 Å². The number of para-hydroxylation sites is 1. The molecule has 0 saturated heterocycles. The minimum atomic E-state index is -0.567. The van der Waals surface area contributed by atoms with E-state index in [0.29, 0.717) is 10.9 Å². The van der Waals surface area contributed by atoms with E-state index in [2.05, 4.69) is 5.32 Å². The van der Waals surface area contributed by atoms with Crippen molar-refractivity contribution in [3.05, 3.63) is 65.6 Å². The Hall–Kier alpha value is -3.48. The lowest BCUT2D eigenvalue weighted by Crippen LogP contribution is -2.16. The highest BCUT2D eigenvalue weighted by Gasteiger charge is 2.20. The van der Waals surface area contributed by atoms with Gasteiger partial charge in [0.05, 0.1) is 28.9 Å². The van der Waals surface area contributed by atoms with Crippen molar-refractivity contribution in [1.82, 2.24) is 4.57 Å². The number of nitrogens with zero attached hydrogens (tertiary/aromatic N) is 1. The fraction of sp³-hybridized carbons (Fsp3) is 0.150. The van der Waals surface area contributed by atoms with E-state index < -0.39 is 17.7 Å². The van der Waals surface area contributed by atoms with Gasteiger partial charge in [-0.05, 0) is 37.3 Å². The molecular weight excluding hydrogens is 351 g/mol. The van der Waals surface area contributed by atoms with E-state index in [0.717, 1.165) is 0 Å². The monoisotopic (exact) mass is 368 g/mol. The number of hydrogen-bond acceptors (Lipinski definition) is 4. The van der Waals surface area contributed by atoms with E-state index in [-0.39, 0.29) is 29.3 Å². The Morgan fingerprint density at radius 1 is 1.11 bits per heavy atom. The zero-order valence-electron chi connectivity index (χ0n) is 14.8. The fourth-order valence-electron chi connectivity index (χ4n) is 2.81. The average molecular weight is 368 g/mol. The minimum Gasteiger partial charge on any atom is -0.462 e. The van der Waals surface area contributed by atoms with Gasteiger partial charge in [0.1, 0.15) is 5.82 Å². The number of nitrogens with one attached hydrogen (secondary N) is 1. The minimum absolute atomic E-state index is 0.123. The lowest BCUT2D eigenvalue weighted by molar-refractivity contribution is 0.0527. The third kappa shape index (κ3) is 3.57. The number of benzene rings is 2. The first kappa shape index (κ1) is 18.3. The summed E-state index contributed by atoms with van der Waals surface area (Å²) in [5.74, 6) is -1.96. The Bertz CT molecular complexity index is 1060. The molecule has 1 amide bonds. The number of esters is 1. The molecule has 0 aliphatic heterocycles. The highest BCUT2D eigenvalue weighted by Crippen LogP contribution is 2.25. The van der Waals surface area contributed by atoms with E-state index >= 15 is 0 Å². The molecule has 7 heteroatoms. The number of aromatic nitrogens is 1. The van der Waals surface area contributed by atoms with Gasteiger partial charge >= 0.3 is 5.97 Å². The summed E-state index contributed by atoms with van der Waals surface area (Å²) in [7, 11) is 0. The summed E-state index contributed by atoms with van der Waals surface area (Å²) in [6.45, 7) is 3.23. The summed E-state index contributed by atoms with van der Waals surface area (Å²) in [6, 6.07) is 10.3. The molecule has 0 bridgehead atoms. The Labute approximate surface area is 154 Å². The van der Waals surface area contributed by atoms with Crippen molar-refractivity contribution in [2.75, 3.05) is 11.9 Å². The van der Waals surface area contributed by atoms with Gasteiger partial charge in [-0.15, -0.1) is 0 Å². The molecule has 0 radical (unpaired) electrons. The molecule has 0 saturated carbocycles. The fourth-order valence-corrected chi connectivity index (χ4v) is 2.81. The van der Waals surface area contributed by atoms with Crippen LogP contribution in [0.15, 0.2) is 48.7 Å². The number of halogens is 1. The van der Waals surface area contributed by atoms with Crippen LogP contribution in [0.4, 0.5) is 10.1 Å². The smallest absolute Gasteiger partial charge is 0.340 e. The Kier molecular flexibility index (Phi) is 5.03. The van der Waals surface area contributed by atoms with Crippen molar-refractivity contribution in [3.63, 3.8) is 0 Å². The van der Waals surface area contributed by atoms with E-state index in [1.54, 1.807) is 25.1 Å². The van der Waals surface area contributed by atoms with Crippen molar-refractivity contribution in [2.24, 2.45) is 0 Å². The van der Waals surface area contributed by atoms with Crippen molar-refractivity contribution < 1.29 is 23.5 Å². The number of anilines is 1. The zero-order chi connectivity index (χ0) is 19.6. The SMILES string of the molecule is CCOC(=O)c1ccccc1NC(=O)c1cn(C(C)=O)c2ccc(F)cc12. The van der Waals surface area contributed by atoms with Gasteiger partial charge in [0.15, 0.2) is 0 Å². The standard InChI is InChI=1S/C20H17FN2O4/c1-3-27-20(26)14-6-4-5-7-17(14)22-19(25)16-11-23(12(2)24)18-9-8-13(21)10-15(16)18/h4-11H,3H2,1-2H3,(H,22,25). The highest BCUT2D eigenvalue weighted by molar-refractivity contribution is 6.15. The summed E-state index contributed by atoms with van der Waals surface area (Å²) in [5.41, 5.74) is 1.02. The second kappa shape index (κ2) is 7.41. The van der Waals surface area contributed by atoms with Gasteiger partial charge in [-0.25, -0.2) is 9.18 Å². The number of amides is 1. The normalized spacial score (nSPS) is 10.6. The summed E-state index contributed by atoms with van der Waals surface area (Å²) < 4.78 is 20.0. The third-order valence-electron chi connectivity index (χ3n) is 4.02. The van der Waals surface area contributed by atoms with Gasteiger partial charge in [-0.3, -0.25) is 14.2 Å². The van der Waals surface area contributed by atoms with E-state index in [1.165, 1.54) is 42.0 Å². The van der Waals surface area contributed by atoms with Crippen LogP contribution in [0.1, 0.15) is 39.4 Å². The molecule has 0 fully saturated rings. The maximum atomic E-state index is 13.7. The number of fused-ring (bicyclic) bond motifs is 1. The predicted molar refractivity (Wildman–Crippen MR) is 98.5 cm³/mol.